The van der Waals surface area contributed by atoms with E-state index in [1.807, 2.05) is 12.1 Å². The lowest BCUT2D eigenvalue weighted by Crippen LogP contribution is -2.10. The molecule has 2 rings (SSSR count). The van der Waals surface area contributed by atoms with Gasteiger partial charge in [0.05, 0.1) is 6.20 Å². The van der Waals surface area contributed by atoms with Gasteiger partial charge in [-0.05, 0) is 17.7 Å². The van der Waals surface area contributed by atoms with E-state index >= 15 is 0 Å². The van der Waals surface area contributed by atoms with Gasteiger partial charge in [0.1, 0.15) is 5.00 Å². The molecule has 0 unspecified atom stereocenters. The van der Waals surface area contributed by atoms with Crippen molar-refractivity contribution in [3.05, 3.63) is 41.6 Å². The van der Waals surface area contributed by atoms with E-state index in [-0.39, 0.29) is 5.91 Å². The number of benzene rings is 1. The molecule has 1 N–H and O–H groups in total. The topological polar surface area (TPSA) is 54.9 Å². The smallest absolute Gasteiger partial charge is 0.256 e. The monoisotopic (exact) mass is 253 g/mol. The molecule has 0 fully saturated rings. The molecule has 4 nitrogen and oxygen atoms in total. The van der Waals surface area contributed by atoms with E-state index in [2.05, 4.69) is 14.9 Å². The fraction of sp³-hybridized carbons (Fsp3) is 0.100. The Labute approximate surface area is 101 Å². The molecule has 0 aliphatic carbocycles. The van der Waals surface area contributed by atoms with Gasteiger partial charge in [0, 0.05) is 23.0 Å². The second kappa shape index (κ2) is 5.05. The van der Waals surface area contributed by atoms with Gasteiger partial charge in [-0.25, -0.2) is 0 Å². The SMILES string of the molecule is O=C(Nc1cnns1)c1ccc(CCl)cc1. The number of alkyl halides is 1. The van der Waals surface area contributed by atoms with Gasteiger partial charge < -0.3 is 5.32 Å². The van der Waals surface area contributed by atoms with E-state index in [9.17, 15) is 4.79 Å². The fourth-order valence-corrected chi connectivity index (χ4v) is 1.74. The van der Waals surface area contributed by atoms with E-state index in [1.54, 1.807) is 12.1 Å². The fourth-order valence-electron chi connectivity index (χ4n) is 1.15. The molecule has 16 heavy (non-hydrogen) atoms. The highest BCUT2D eigenvalue weighted by molar-refractivity contribution is 7.10. The number of nitrogens with one attached hydrogen (secondary N) is 1. The summed E-state index contributed by atoms with van der Waals surface area (Å²) in [6.07, 6.45) is 1.51. The third kappa shape index (κ3) is 2.56. The minimum Gasteiger partial charge on any atom is -0.311 e. The second-order valence-corrected chi connectivity index (χ2v) is 4.12. The Morgan fingerprint density at radius 3 is 2.69 bits per heavy atom. The lowest BCUT2D eigenvalue weighted by Gasteiger charge is -2.02. The van der Waals surface area contributed by atoms with Crippen LogP contribution in [0.25, 0.3) is 0 Å². The van der Waals surface area contributed by atoms with Crippen LogP contribution >= 0.6 is 23.1 Å². The molecular formula is C10H8ClN3OS. The Morgan fingerprint density at radius 1 is 1.38 bits per heavy atom. The standard InChI is InChI=1S/C10H8ClN3OS/c11-5-7-1-3-8(4-2-7)10(15)13-9-6-12-14-16-9/h1-4,6H,5H2,(H,13,15). The minimum absolute atomic E-state index is 0.174. The van der Waals surface area contributed by atoms with Crippen molar-refractivity contribution in [1.29, 1.82) is 0 Å². The van der Waals surface area contributed by atoms with Crippen molar-refractivity contribution in [2.45, 2.75) is 5.88 Å². The molecule has 2 aromatic rings. The summed E-state index contributed by atoms with van der Waals surface area (Å²) in [6.45, 7) is 0. The number of nitrogens with zero attached hydrogens (tertiary/aromatic N) is 2. The van der Waals surface area contributed by atoms with Crippen LogP contribution in [0.4, 0.5) is 5.00 Å². The van der Waals surface area contributed by atoms with Crippen molar-refractivity contribution in [1.82, 2.24) is 9.59 Å². The van der Waals surface area contributed by atoms with Crippen LogP contribution in [0, 0.1) is 0 Å². The Hall–Kier alpha value is -1.46. The Bertz CT molecular complexity index is 469. The van der Waals surface area contributed by atoms with Crippen LogP contribution < -0.4 is 5.32 Å². The van der Waals surface area contributed by atoms with Crippen LogP contribution in [0.1, 0.15) is 15.9 Å². The number of anilines is 1. The van der Waals surface area contributed by atoms with Gasteiger partial charge in [0.25, 0.3) is 5.91 Å². The maximum absolute atomic E-state index is 11.7. The van der Waals surface area contributed by atoms with Gasteiger partial charge in [-0.3, -0.25) is 4.79 Å². The first-order chi connectivity index (χ1) is 7.79. The lowest BCUT2D eigenvalue weighted by molar-refractivity contribution is 0.102. The Morgan fingerprint density at radius 2 is 2.12 bits per heavy atom. The molecule has 0 radical (unpaired) electrons. The molecule has 0 bridgehead atoms. The first-order valence-electron chi connectivity index (χ1n) is 4.53. The van der Waals surface area contributed by atoms with E-state index in [1.165, 1.54) is 6.20 Å². The van der Waals surface area contributed by atoms with Gasteiger partial charge in [0.15, 0.2) is 0 Å². The van der Waals surface area contributed by atoms with Gasteiger partial charge in [-0.2, -0.15) is 0 Å². The van der Waals surface area contributed by atoms with Crippen molar-refractivity contribution in [2.75, 3.05) is 5.32 Å². The predicted molar refractivity (Wildman–Crippen MR) is 63.9 cm³/mol. The van der Waals surface area contributed by atoms with Gasteiger partial charge in [0.2, 0.25) is 0 Å². The van der Waals surface area contributed by atoms with Gasteiger partial charge in [-0.1, -0.05) is 16.6 Å². The van der Waals surface area contributed by atoms with Crippen LogP contribution in [-0.4, -0.2) is 15.5 Å². The minimum atomic E-state index is -0.174. The highest BCUT2D eigenvalue weighted by atomic mass is 35.5. The summed E-state index contributed by atoms with van der Waals surface area (Å²) in [6, 6.07) is 7.13. The molecule has 0 spiro atoms. The summed E-state index contributed by atoms with van der Waals surface area (Å²) in [5.74, 6) is 0.271. The van der Waals surface area contributed by atoms with Crippen LogP contribution in [0.2, 0.25) is 0 Å². The number of carbonyl (C=O) groups is 1. The van der Waals surface area contributed by atoms with E-state index in [0.29, 0.717) is 16.4 Å². The predicted octanol–water partition coefficient (Wildman–Crippen LogP) is 2.53. The molecule has 82 valence electrons. The van der Waals surface area contributed by atoms with Gasteiger partial charge >= 0.3 is 0 Å². The Kier molecular flexibility index (Phi) is 3.48. The first kappa shape index (κ1) is 11.0. The number of carbonyl (C=O) groups excluding carboxylic acids is 1. The third-order valence-electron chi connectivity index (χ3n) is 1.97. The number of rotatable bonds is 3. The van der Waals surface area contributed by atoms with Crippen molar-refractivity contribution < 1.29 is 4.79 Å². The van der Waals surface area contributed by atoms with Crippen LogP contribution in [0.15, 0.2) is 30.5 Å². The van der Waals surface area contributed by atoms with Crippen molar-refractivity contribution in [2.24, 2.45) is 0 Å². The van der Waals surface area contributed by atoms with E-state index in [0.717, 1.165) is 17.1 Å². The highest BCUT2D eigenvalue weighted by Gasteiger charge is 2.06. The number of hydrogen-bond donors (Lipinski definition) is 1. The maximum Gasteiger partial charge on any atom is 0.256 e. The number of halogens is 1. The van der Waals surface area contributed by atoms with Gasteiger partial charge in [-0.15, -0.1) is 16.7 Å². The average molecular weight is 254 g/mol. The molecule has 1 aromatic carbocycles. The lowest BCUT2D eigenvalue weighted by atomic mass is 10.1. The summed E-state index contributed by atoms with van der Waals surface area (Å²) in [4.78, 5) is 11.7. The largest absolute Gasteiger partial charge is 0.311 e. The molecule has 0 atom stereocenters. The van der Waals surface area contributed by atoms with Crippen LogP contribution in [0.5, 0.6) is 0 Å². The molecule has 1 aromatic heterocycles. The molecular weight excluding hydrogens is 246 g/mol. The molecule has 1 heterocycles. The maximum atomic E-state index is 11.7. The number of hydrogen-bond acceptors (Lipinski definition) is 4. The zero-order valence-electron chi connectivity index (χ0n) is 8.18. The third-order valence-corrected chi connectivity index (χ3v) is 2.86. The van der Waals surface area contributed by atoms with Crippen LogP contribution in [0.3, 0.4) is 0 Å². The molecule has 0 aliphatic heterocycles. The quantitative estimate of drug-likeness (QED) is 0.856. The summed E-state index contributed by atoms with van der Waals surface area (Å²) in [7, 11) is 0. The number of amides is 1. The summed E-state index contributed by atoms with van der Waals surface area (Å²) < 4.78 is 3.66. The molecule has 6 heteroatoms. The summed E-state index contributed by atoms with van der Waals surface area (Å²) >= 11 is 6.80. The van der Waals surface area contributed by atoms with Crippen LogP contribution in [-0.2, 0) is 5.88 Å². The van der Waals surface area contributed by atoms with E-state index < -0.39 is 0 Å². The molecule has 1 amide bonds. The molecule has 0 aliphatic rings. The van der Waals surface area contributed by atoms with Crippen molar-refractivity contribution >= 4 is 34.0 Å². The normalized spacial score (nSPS) is 10.1. The first-order valence-corrected chi connectivity index (χ1v) is 5.84. The second-order valence-electron chi connectivity index (χ2n) is 3.07. The van der Waals surface area contributed by atoms with E-state index in [4.69, 9.17) is 11.6 Å². The molecule has 0 saturated carbocycles. The highest BCUT2D eigenvalue weighted by Crippen LogP contribution is 2.12. The number of aromatic nitrogens is 2. The zero-order chi connectivity index (χ0) is 11.4. The summed E-state index contributed by atoms with van der Waals surface area (Å²) in [5.41, 5.74) is 1.57. The average Bonchev–Trinajstić information content (AvgIpc) is 2.82. The Balaban J connectivity index is 2.09. The zero-order valence-corrected chi connectivity index (χ0v) is 9.76. The van der Waals surface area contributed by atoms with Crippen molar-refractivity contribution in [3.63, 3.8) is 0 Å². The molecule has 0 saturated heterocycles. The summed E-state index contributed by atoms with van der Waals surface area (Å²) in [5, 5.41) is 6.96. The van der Waals surface area contributed by atoms with Crippen molar-refractivity contribution in [3.8, 4) is 0 Å².